The van der Waals surface area contributed by atoms with Crippen LogP contribution in [0.5, 0.6) is 0 Å². The molecule has 0 saturated carbocycles. The Labute approximate surface area is 76.1 Å². The molecule has 1 fully saturated rings. The zero-order valence-corrected chi connectivity index (χ0v) is 7.53. The van der Waals surface area contributed by atoms with Crippen molar-refractivity contribution in [3.05, 3.63) is 0 Å². The molecule has 0 aromatic carbocycles. The number of likely N-dealkylation sites (N-methyl/N-ethyl adjacent to an activating group) is 1. The molecule has 0 bridgehead atoms. The Hall–Kier alpha value is -1.30. The van der Waals surface area contributed by atoms with Crippen LogP contribution in [0.2, 0.25) is 0 Å². The third-order valence-electron chi connectivity index (χ3n) is 2.26. The maximum absolute atomic E-state index is 5.43. The Balaban J connectivity index is 2.07. The van der Waals surface area contributed by atoms with Gasteiger partial charge in [-0.2, -0.15) is 4.98 Å². The minimum atomic E-state index is 0.348. The average molecular weight is 183 g/mol. The van der Waals surface area contributed by atoms with Crippen molar-refractivity contribution in [3.63, 3.8) is 0 Å². The van der Waals surface area contributed by atoms with Crippen LogP contribution in [-0.2, 0) is 4.74 Å². The van der Waals surface area contributed by atoms with E-state index in [-0.39, 0.29) is 0 Å². The summed E-state index contributed by atoms with van der Waals surface area (Å²) in [6.45, 7) is 1.56. The number of nitrogens with two attached hydrogens (primary N) is 1. The lowest BCUT2D eigenvalue weighted by Crippen LogP contribution is -2.32. The first-order valence-corrected chi connectivity index (χ1v) is 4.26. The number of nitrogen functional groups attached to an aromatic ring is 1. The summed E-state index contributed by atoms with van der Waals surface area (Å²) in [5.41, 5.74) is 5.43. The summed E-state index contributed by atoms with van der Waals surface area (Å²) in [5, 5.41) is 6.58. The van der Waals surface area contributed by atoms with Crippen LogP contribution in [0, 0.1) is 0 Å². The van der Waals surface area contributed by atoms with Crippen LogP contribution in [0.4, 0.5) is 11.9 Å². The lowest BCUT2D eigenvalue weighted by molar-refractivity contribution is 0.193. The third kappa shape index (κ3) is 1.57. The third-order valence-corrected chi connectivity index (χ3v) is 2.26. The molecule has 1 aromatic heterocycles. The van der Waals surface area contributed by atoms with E-state index in [4.69, 9.17) is 10.5 Å². The molecule has 6 nitrogen and oxygen atoms in total. The average Bonchev–Trinajstić information content (AvgIpc) is 2.72. The Morgan fingerprint density at radius 3 is 3.08 bits per heavy atom. The van der Waals surface area contributed by atoms with Gasteiger partial charge in [0, 0.05) is 13.7 Å². The second kappa shape index (κ2) is 3.21. The summed E-state index contributed by atoms with van der Waals surface area (Å²) >= 11 is 0. The molecule has 13 heavy (non-hydrogen) atoms. The highest BCUT2D eigenvalue weighted by atomic mass is 16.5. The van der Waals surface area contributed by atoms with E-state index in [1.807, 2.05) is 11.9 Å². The summed E-state index contributed by atoms with van der Waals surface area (Å²) in [4.78, 5) is 6.02. The minimum absolute atomic E-state index is 0.348. The van der Waals surface area contributed by atoms with E-state index in [2.05, 4.69) is 15.2 Å². The fraction of sp³-hybridized carbons (Fsp3) is 0.714. The highest BCUT2D eigenvalue weighted by molar-refractivity contribution is 5.34. The lowest BCUT2D eigenvalue weighted by atomic mass is 10.2. The summed E-state index contributed by atoms with van der Waals surface area (Å²) < 4.78 is 5.27. The van der Waals surface area contributed by atoms with Crippen LogP contribution in [0.15, 0.2) is 0 Å². The number of H-pyrrole nitrogens is 1. The van der Waals surface area contributed by atoms with Crippen molar-refractivity contribution in [1.29, 1.82) is 0 Å². The van der Waals surface area contributed by atoms with Gasteiger partial charge in [0.05, 0.1) is 12.6 Å². The lowest BCUT2D eigenvalue weighted by Gasteiger charge is -2.20. The van der Waals surface area contributed by atoms with Gasteiger partial charge in [0.1, 0.15) is 0 Å². The molecule has 1 saturated heterocycles. The standard InChI is InChI=1S/C7H13N5O/c1-12(5-2-3-13-4-5)7-9-6(8)10-11-7/h5H,2-4H2,1H3,(H3,8,9,10,11). The summed E-state index contributed by atoms with van der Waals surface area (Å²) in [6, 6.07) is 0.371. The van der Waals surface area contributed by atoms with Crippen molar-refractivity contribution in [2.45, 2.75) is 12.5 Å². The molecule has 2 heterocycles. The van der Waals surface area contributed by atoms with E-state index in [1.54, 1.807) is 0 Å². The van der Waals surface area contributed by atoms with E-state index < -0.39 is 0 Å². The van der Waals surface area contributed by atoms with Crippen LogP contribution in [-0.4, -0.2) is 41.5 Å². The van der Waals surface area contributed by atoms with Crippen LogP contribution in [0.1, 0.15) is 6.42 Å². The van der Waals surface area contributed by atoms with Crippen LogP contribution < -0.4 is 10.6 Å². The predicted octanol–water partition coefficient (Wildman–Crippen LogP) is -0.388. The van der Waals surface area contributed by atoms with Crippen LogP contribution in [0.25, 0.3) is 0 Å². The second-order valence-corrected chi connectivity index (χ2v) is 3.15. The second-order valence-electron chi connectivity index (χ2n) is 3.15. The SMILES string of the molecule is CN(c1n[nH]c(N)n1)C1CCOC1. The van der Waals surface area contributed by atoms with E-state index >= 15 is 0 Å². The maximum atomic E-state index is 5.43. The van der Waals surface area contributed by atoms with Gasteiger partial charge in [0.15, 0.2) is 0 Å². The molecule has 1 atom stereocenters. The van der Waals surface area contributed by atoms with Gasteiger partial charge in [-0.1, -0.05) is 0 Å². The number of aromatic nitrogens is 3. The van der Waals surface area contributed by atoms with Crippen molar-refractivity contribution in [2.75, 3.05) is 30.9 Å². The Kier molecular flexibility index (Phi) is 2.05. The quantitative estimate of drug-likeness (QED) is 0.652. The Morgan fingerprint density at radius 2 is 2.54 bits per heavy atom. The topological polar surface area (TPSA) is 80.1 Å². The zero-order chi connectivity index (χ0) is 9.26. The molecule has 3 N–H and O–H groups in total. The van der Waals surface area contributed by atoms with Crippen molar-refractivity contribution in [1.82, 2.24) is 15.2 Å². The number of ether oxygens (including phenoxy) is 1. The Bertz CT molecular complexity index is 280. The van der Waals surface area contributed by atoms with Gasteiger partial charge < -0.3 is 15.4 Å². The molecule has 1 aliphatic heterocycles. The van der Waals surface area contributed by atoms with Crippen molar-refractivity contribution < 1.29 is 4.74 Å². The predicted molar refractivity (Wildman–Crippen MR) is 48.4 cm³/mol. The number of hydrogen-bond acceptors (Lipinski definition) is 5. The van der Waals surface area contributed by atoms with Gasteiger partial charge in [-0.25, -0.2) is 5.10 Å². The molecule has 1 aromatic rings. The van der Waals surface area contributed by atoms with Crippen LogP contribution >= 0.6 is 0 Å². The molecule has 1 aliphatic rings. The largest absolute Gasteiger partial charge is 0.379 e. The highest BCUT2D eigenvalue weighted by Crippen LogP contribution is 2.15. The number of rotatable bonds is 2. The van der Waals surface area contributed by atoms with Crippen molar-refractivity contribution in [3.8, 4) is 0 Å². The van der Waals surface area contributed by atoms with Gasteiger partial charge in [0.2, 0.25) is 11.9 Å². The zero-order valence-electron chi connectivity index (χ0n) is 7.53. The molecule has 0 radical (unpaired) electrons. The molecule has 0 amide bonds. The molecule has 6 heteroatoms. The molecule has 0 spiro atoms. The number of nitrogens with one attached hydrogen (secondary N) is 1. The van der Waals surface area contributed by atoms with Crippen molar-refractivity contribution >= 4 is 11.9 Å². The first kappa shape index (κ1) is 8.31. The van der Waals surface area contributed by atoms with Gasteiger partial charge in [0.25, 0.3) is 0 Å². The van der Waals surface area contributed by atoms with E-state index in [9.17, 15) is 0 Å². The first-order valence-electron chi connectivity index (χ1n) is 4.26. The molecular formula is C7H13N5O. The van der Waals surface area contributed by atoms with Gasteiger partial charge >= 0.3 is 0 Å². The van der Waals surface area contributed by atoms with E-state index in [1.165, 1.54) is 0 Å². The number of hydrogen-bond donors (Lipinski definition) is 2. The van der Waals surface area contributed by atoms with Crippen LogP contribution in [0.3, 0.4) is 0 Å². The monoisotopic (exact) mass is 183 g/mol. The maximum Gasteiger partial charge on any atom is 0.246 e. The van der Waals surface area contributed by atoms with E-state index in [0.29, 0.717) is 17.9 Å². The van der Waals surface area contributed by atoms with Gasteiger partial charge in [-0.3, -0.25) is 0 Å². The molecule has 2 rings (SSSR count). The first-order chi connectivity index (χ1) is 6.27. The fourth-order valence-electron chi connectivity index (χ4n) is 1.41. The molecular weight excluding hydrogens is 170 g/mol. The Morgan fingerprint density at radius 1 is 1.69 bits per heavy atom. The highest BCUT2D eigenvalue weighted by Gasteiger charge is 2.22. The smallest absolute Gasteiger partial charge is 0.246 e. The fourth-order valence-corrected chi connectivity index (χ4v) is 1.41. The molecule has 0 aliphatic carbocycles. The number of aromatic amines is 1. The summed E-state index contributed by atoms with van der Waals surface area (Å²) in [6.07, 6.45) is 1.02. The molecule has 72 valence electrons. The van der Waals surface area contributed by atoms with E-state index in [0.717, 1.165) is 19.6 Å². The number of nitrogens with zero attached hydrogens (tertiary/aromatic N) is 3. The normalized spacial score (nSPS) is 22.1. The summed E-state index contributed by atoms with van der Waals surface area (Å²) in [7, 11) is 1.95. The van der Waals surface area contributed by atoms with Gasteiger partial charge in [-0.05, 0) is 6.42 Å². The van der Waals surface area contributed by atoms with Crippen molar-refractivity contribution in [2.24, 2.45) is 0 Å². The minimum Gasteiger partial charge on any atom is -0.379 e. The summed E-state index contributed by atoms with van der Waals surface area (Å²) in [5.74, 6) is 0.980. The molecule has 1 unspecified atom stereocenters. The van der Waals surface area contributed by atoms with Gasteiger partial charge in [-0.15, -0.1) is 5.10 Å². The number of anilines is 2.